The molecule has 10 heteroatoms. The molecule has 0 saturated carbocycles. The van der Waals surface area contributed by atoms with Gasteiger partial charge >= 0.3 is 6.18 Å². The minimum Gasteiger partial charge on any atom is -0.357 e. The molecule has 1 unspecified atom stereocenters. The van der Waals surface area contributed by atoms with Crippen molar-refractivity contribution in [3.05, 3.63) is 52.0 Å². The number of benzene rings is 1. The van der Waals surface area contributed by atoms with Gasteiger partial charge in [-0.15, -0.1) is 11.3 Å². The Hall–Kier alpha value is -1.94. The molecule has 27 heavy (non-hydrogen) atoms. The molecular formula is C17H21F3N4OS2. The van der Waals surface area contributed by atoms with Gasteiger partial charge in [-0.25, -0.2) is 9.98 Å². The van der Waals surface area contributed by atoms with Crippen molar-refractivity contribution >= 4 is 28.1 Å². The summed E-state index contributed by atoms with van der Waals surface area (Å²) >= 11 is 0.924. The number of hydrogen-bond donors (Lipinski definition) is 2. The third kappa shape index (κ3) is 7.67. The lowest BCUT2D eigenvalue weighted by molar-refractivity contribution is -0.140. The summed E-state index contributed by atoms with van der Waals surface area (Å²) in [5.41, 5.74) is 0.118. The van der Waals surface area contributed by atoms with Gasteiger partial charge in [0, 0.05) is 40.8 Å². The van der Waals surface area contributed by atoms with Crippen molar-refractivity contribution in [2.24, 2.45) is 4.99 Å². The van der Waals surface area contributed by atoms with Gasteiger partial charge in [-0.3, -0.25) is 4.21 Å². The average Bonchev–Trinajstić information content (AvgIpc) is 3.10. The average molecular weight is 419 g/mol. The van der Waals surface area contributed by atoms with Crippen LogP contribution in [0.25, 0.3) is 0 Å². The predicted octanol–water partition coefficient (Wildman–Crippen LogP) is 3.17. The number of halogens is 3. The molecule has 0 radical (unpaired) electrons. The molecule has 0 aliphatic heterocycles. The Bertz CT molecular complexity index is 763. The summed E-state index contributed by atoms with van der Waals surface area (Å²) in [7, 11) is -1.02. The van der Waals surface area contributed by atoms with Crippen LogP contribution in [0.5, 0.6) is 0 Å². The van der Waals surface area contributed by atoms with Gasteiger partial charge in [0.25, 0.3) is 0 Å². The summed E-state index contributed by atoms with van der Waals surface area (Å²) in [4.78, 5) is 7.79. The monoisotopic (exact) mass is 418 g/mol. The fourth-order valence-electron chi connectivity index (χ4n) is 2.12. The van der Waals surface area contributed by atoms with Crippen LogP contribution in [0.15, 0.2) is 40.7 Å². The lowest BCUT2D eigenvalue weighted by Gasteiger charge is -2.11. The SMILES string of the molecule is CCNC(=NCc1nc(C(F)(F)F)cs1)NCCS(=O)Cc1ccccc1. The molecule has 0 amide bonds. The highest BCUT2D eigenvalue weighted by Crippen LogP contribution is 2.30. The molecule has 1 atom stereocenters. The topological polar surface area (TPSA) is 66.4 Å². The van der Waals surface area contributed by atoms with E-state index in [0.717, 1.165) is 22.3 Å². The molecule has 0 saturated heterocycles. The Morgan fingerprint density at radius 3 is 2.63 bits per heavy atom. The summed E-state index contributed by atoms with van der Waals surface area (Å²) in [5, 5.41) is 7.32. The fourth-order valence-corrected chi connectivity index (χ4v) is 3.88. The number of alkyl halides is 3. The van der Waals surface area contributed by atoms with Crippen LogP contribution in [0.1, 0.15) is 23.2 Å². The van der Waals surface area contributed by atoms with Gasteiger partial charge in [0.05, 0.1) is 6.54 Å². The van der Waals surface area contributed by atoms with E-state index >= 15 is 0 Å². The number of rotatable bonds is 8. The second-order valence-electron chi connectivity index (χ2n) is 5.52. The number of nitrogens with one attached hydrogen (secondary N) is 2. The van der Waals surface area contributed by atoms with E-state index in [1.165, 1.54) is 0 Å². The van der Waals surface area contributed by atoms with E-state index in [-0.39, 0.29) is 11.6 Å². The van der Waals surface area contributed by atoms with Gasteiger partial charge < -0.3 is 10.6 Å². The van der Waals surface area contributed by atoms with Crippen LogP contribution >= 0.6 is 11.3 Å². The molecule has 1 heterocycles. The van der Waals surface area contributed by atoms with Crippen LogP contribution in [0.2, 0.25) is 0 Å². The minimum atomic E-state index is -4.44. The number of hydrogen-bond acceptors (Lipinski definition) is 4. The number of aliphatic imine (C=N–C) groups is 1. The Morgan fingerprint density at radius 2 is 2.00 bits per heavy atom. The summed E-state index contributed by atoms with van der Waals surface area (Å²) in [6.07, 6.45) is -4.44. The highest BCUT2D eigenvalue weighted by Gasteiger charge is 2.33. The minimum absolute atomic E-state index is 0.0448. The van der Waals surface area contributed by atoms with Crippen LogP contribution in [0.3, 0.4) is 0 Å². The standard InChI is InChI=1S/C17H21F3N4OS2/c1-2-21-16(23-10-15-24-14(11-26-15)17(18,19)20)22-8-9-27(25)12-13-6-4-3-5-7-13/h3-7,11H,2,8-10,12H2,1H3,(H2,21,22,23). The lowest BCUT2D eigenvalue weighted by Crippen LogP contribution is -2.39. The van der Waals surface area contributed by atoms with Gasteiger partial charge in [-0.2, -0.15) is 13.2 Å². The quantitative estimate of drug-likeness (QED) is 0.511. The molecule has 0 bridgehead atoms. The molecule has 0 aliphatic carbocycles. The molecule has 1 aromatic heterocycles. The van der Waals surface area contributed by atoms with Crippen molar-refractivity contribution < 1.29 is 17.4 Å². The number of nitrogens with zero attached hydrogens (tertiary/aromatic N) is 2. The van der Waals surface area contributed by atoms with Gasteiger partial charge in [-0.05, 0) is 12.5 Å². The second kappa shape index (κ2) is 10.4. The maximum absolute atomic E-state index is 12.6. The van der Waals surface area contributed by atoms with Crippen LogP contribution in [0, 0.1) is 0 Å². The maximum Gasteiger partial charge on any atom is 0.434 e. The Kier molecular flexibility index (Phi) is 8.23. The van der Waals surface area contributed by atoms with E-state index in [1.807, 2.05) is 37.3 Å². The molecular weight excluding hydrogens is 397 g/mol. The van der Waals surface area contributed by atoms with E-state index < -0.39 is 22.7 Å². The molecule has 0 aliphatic rings. The van der Waals surface area contributed by atoms with Crippen LogP contribution in [-0.2, 0) is 29.3 Å². The summed E-state index contributed by atoms with van der Waals surface area (Å²) in [6, 6.07) is 9.58. The van der Waals surface area contributed by atoms with Crippen molar-refractivity contribution in [1.29, 1.82) is 0 Å². The first-order chi connectivity index (χ1) is 12.9. The first-order valence-electron chi connectivity index (χ1n) is 8.31. The van der Waals surface area contributed by atoms with Gasteiger partial charge in [0.2, 0.25) is 0 Å². The third-order valence-electron chi connectivity index (χ3n) is 3.35. The molecule has 1 aromatic carbocycles. The van der Waals surface area contributed by atoms with E-state index in [0.29, 0.717) is 30.6 Å². The summed E-state index contributed by atoms with van der Waals surface area (Å²) in [6.45, 7) is 2.97. The summed E-state index contributed by atoms with van der Waals surface area (Å²) in [5.74, 6) is 1.38. The first-order valence-corrected chi connectivity index (χ1v) is 10.7. The highest BCUT2D eigenvalue weighted by atomic mass is 32.2. The van der Waals surface area contributed by atoms with E-state index in [4.69, 9.17) is 0 Å². The molecule has 2 N–H and O–H groups in total. The largest absolute Gasteiger partial charge is 0.434 e. The molecule has 2 aromatic rings. The normalized spacial score (nSPS) is 13.4. The van der Waals surface area contributed by atoms with Crippen molar-refractivity contribution in [2.45, 2.75) is 25.4 Å². The third-order valence-corrected chi connectivity index (χ3v) is 5.50. The predicted molar refractivity (Wildman–Crippen MR) is 103 cm³/mol. The van der Waals surface area contributed by atoms with E-state index in [1.54, 1.807) is 0 Å². The van der Waals surface area contributed by atoms with Gasteiger partial charge in [-0.1, -0.05) is 30.3 Å². The zero-order chi connectivity index (χ0) is 19.7. The Morgan fingerprint density at radius 1 is 1.26 bits per heavy atom. The van der Waals surface area contributed by atoms with Gasteiger partial charge in [0.15, 0.2) is 11.7 Å². The molecule has 2 rings (SSSR count). The fraction of sp³-hybridized carbons (Fsp3) is 0.412. The first kappa shape index (κ1) is 21.4. The number of aromatic nitrogens is 1. The number of guanidine groups is 1. The van der Waals surface area contributed by atoms with Crippen molar-refractivity contribution in [3.63, 3.8) is 0 Å². The van der Waals surface area contributed by atoms with Gasteiger partial charge in [0.1, 0.15) is 5.01 Å². The zero-order valence-corrected chi connectivity index (χ0v) is 16.4. The smallest absolute Gasteiger partial charge is 0.357 e. The lowest BCUT2D eigenvalue weighted by atomic mass is 10.2. The molecule has 0 fully saturated rings. The van der Waals surface area contributed by atoms with Crippen molar-refractivity contribution in [1.82, 2.24) is 15.6 Å². The van der Waals surface area contributed by atoms with Crippen molar-refractivity contribution in [2.75, 3.05) is 18.8 Å². The van der Waals surface area contributed by atoms with Crippen LogP contribution in [0.4, 0.5) is 13.2 Å². The van der Waals surface area contributed by atoms with Crippen LogP contribution < -0.4 is 10.6 Å². The van der Waals surface area contributed by atoms with E-state index in [2.05, 4.69) is 20.6 Å². The van der Waals surface area contributed by atoms with E-state index in [9.17, 15) is 17.4 Å². The highest BCUT2D eigenvalue weighted by molar-refractivity contribution is 7.84. The van der Waals surface area contributed by atoms with Crippen molar-refractivity contribution in [3.8, 4) is 0 Å². The molecule has 5 nitrogen and oxygen atoms in total. The second-order valence-corrected chi connectivity index (χ2v) is 8.04. The Labute approximate surface area is 162 Å². The Balaban J connectivity index is 1.82. The zero-order valence-electron chi connectivity index (χ0n) is 14.8. The maximum atomic E-state index is 12.6. The number of thiazole rings is 1. The molecule has 0 spiro atoms. The summed E-state index contributed by atoms with van der Waals surface area (Å²) < 4.78 is 49.8. The van der Waals surface area contributed by atoms with Crippen LogP contribution in [-0.4, -0.2) is 34.0 Å². The molecule has 148 valence electrons.